The molecule has 0 radical (unpaired) electrons. The van der Waals surface area contributed by atoms with Crippen molar-refractivity contribution in [1.82, 2.24) is 13.9 Å². The molecule has 0 fully saturated rings. The van der Waals surface area contributed by atoms with Crippen molar-refractivity contribution < 1.29 is 43.2 Å². The standard InChI is InChI=1S/C24H48N2.C2HF6NO4S2/c1-4-6-8-10-12-14-16-18-20-25-22-23-26(24(25)3)21-19-17-15-13-11-9-7-5-2;3-1(4,5)14(10,11)9-15(12,13)2(6,7)8/h22-24H,4-21H2,1-3H3;9H. The third-order valence-corrected chi connectivity index (χ3v) is 9.75. The summed E-state index contributed by atoms with van der Waals surface area (Å²) in [4.78, 5) is 5.09. The Kier molecular flexibility index (Phi) is 19.3. The smallest absolute Gasteiger partial charge is 0.356 e. The van der Waals surface area contributed by atoms with Crippen LogP contribution >= 0.6 is 0 Å². The first-order valence-corrected chi connectivity index (χ1v) is 17.6. The number of alkyl halides is 6. The highest BCUT2D eigenvalue weighted by Crippen LogP contribution is 2.27. The van der Waals surface area contributed by atoms with E-state index in [9.17, 15) is 43.2 Å². The van der Waals surface area contributed by atoms with Gasteiger partial charge in [-0.1, -0.05) is 108 Å². The van der Waals surface area contributed by atoms with Crippen LogP contribution in [0.3, 0.4) is 0 Å². The van der Waals surface area contributed by atoms with Crippen LogP contribution in [0.25, 0.3) is 0 Å². The Balaban J connectivity index is 0.000000909. The molecule has 246 valence electrons. The second-order valence-corrected chi connectivity index (χ2v) is 13.9. The normalized spacial score (nSPS) is 15.0. The lowest BCUT2D eigenvalue weighted by atomic mass is 10.1. The number of hydrogen-bond acceptors (Lipinski definition) is 6. The SMILES string of the molecule is CCCCCCCCCCN1C=CN(CCCCCCCCCC)C1C.O=S(=O)(NS(=O)(=O)C(F)(F)F)C(F)(F)F. The van der Waals surface area contributed by atoms with Gasteiger partial charge < -0.3 is 9.80 Å². The van der Waals surface area contributed by atoms with Gasteiger partial charge >= 0.3 is 31.1 Å². The monoisotopic (exact) mass is 645 g/mol. The molecule has 0 spiro atoms. The van der Waals surface area contributed by atoms with E-state index in [1.54, 1.807) is 0 Å². The lowest BCUT2D eigenvalue weighted by molar-refractivity contribution is -0.0476. The fourth-order valence-electron chi connectivity index (χ4n) is 4.23. The molecule has 1 N–H and O–H groups in total. The number of nitrogens with one attached hydrogen (secondary N) is 1. The minimum absolute atomic E-state index is 0.493. The highest BCUT2D eigenvalue weighted by atomic mass is 32.3. The molecule has 15 heteroatoms. The van der Waals surface area contributed by atoms with Gasteiger partial charge in [-0.3, -0.25) is 0 Å². The summed E-state index contributed by atoms with van der Waals surface area (Å²) < 4.78 is 108. The zero-order valence-electron chi connectivity index (χ0n) is 24.6. The van der Waals surface area contributed by atoms with Crippen LogP contribution in [0.5, 0.6) is 0 Å². The first-order chi connectivity index (χ1) is 19.0. The molecule has 1 aliphatic heterocycles. The van der Waals surface area contributed by atoms with Gasteiger partial charge in [-0.2, -0.15) is 26.3 Å². The molecule has 7 nitrogen and oxygen atoms in total. The van der Waals surface area contributed by atoms with E-state index in [4.69, 9.17) is 0 Å². The third-order valence-electron chi connectivity index (χ3n) is 6.78. The van der Waals surface area contributed by atoms with Crippen LogP contribution in [0.2, 0.25) is 0 Å². The highest BCUT2D eigenvalue weighted by molar-refractivity contribution is 8.05. The molecule has 0 bridgehead atoms. The zero-order valence-corrected chi connectivity index (χ0v) is 26.2. The van der Waals surface area contributed by atoms with Gasteiger partial charge in [0.05, 0.1) is 6.17 Å². The number of unbranched alkanes of at least 4 members (excludes halogenated alkanes) is 14. The molecular formula is C26H49F6N3O4S2. The minimum Gasteiger partial charge on any atom is -0.356 e. The topological polar surface area (TPSA) is 86.8 Å². The van der Waals surface area contributed by atoms with E-state index in [-0.39, 0.29) is 0 Å². The molecule has 0 aromatic rings. The maximum absolute atomic E-state index is 11.5. The Labute approximate surface area is 243 Å². The molecular weight excluding hydrogens is 596 g/mol. The summed E-state index contributed by atoms with van der Waals surface area (Å²) in [7, 11) is -13.2. The summed E-state index contributed by atoms with van der Waals surface area (Å²) in [5.74, 6) is 0. The maximum Gasteiger partial charge on any atom is 0.512 e. The van der Waals surface area contributed by atoms with E-state index in [2.05, 4.69) is 43.0 Å². The Morgan fingerprint density at radius 1 is 0.561 bits per heavy atom. The van der Waals surface area contributed by atoms with E-state index in [0.717, 1.165) is 0 Å². The van der Waals surface area contributed by atoms with Crippen molar-refractivity contribution in [1.29, 1.82) is 0 Å². The number of nitrogens with zero attached hydrogens (tertiary/aromatic N) is 2. The second-order valence-electron chi connectivity index (χ2n) is 10.3. The van der Waals surface area contributed by atoms with Crippen molar-refractivity contribution >= 4 is 20.0 Å². The van der Waals surface area contributed by atoms with Crippen molar-refractivity contribution in [3.8, 4) is 0 Å². The summed E-state index contributed by atoms with van der Waals surface area (Å²) in [6, 6.07) is 0. The molecule has 1 aliphatic rings. The summed E-state index contributed by atoms with van der Waals surface area (Å²) >= 11 is 0. The average molecular weight is 646 g/mol. The lowest BCUT2D eigenvalue weighted by Crippen LogP contribution is -2.45. The predicted molar refractivity (Wildman–Crippen MR) is 150 cm³/mol. The molecule has 41 heavy (non-hydrogen) atoms. The van der Waals surface area contributed by atoms with E-state index >= 15 is 0 Å². The number of halogens is 6. The Morgan fingerprint density at radius 3 is 1.10 bits per heavy atom. The maximum atomic E-state index is 11.5. The van der Waals surface area contributed by atoms with Crippen molar-refractivity contribution in [3.63, 3.8) is 0 Å². The first-order valence-electron chi connectivity index (χ1n) is 14.6. The zero-order chi connectivity index (χ0) is 31.6. The molecule has 0 unspecified atom stereocenters. The van der Waals surface area contributed by atoms with Crippen molar-refractivity contribution in [2.45, 2.75) is 141 Å². The van der Waals surface area contributed by atoms with Gasteiger partial charge in [0.1, 0.15) is 0 Å². The molecule has 0 saturated carbocycles. The van der Waals surface area contributed by atoms with Crippen LogP contribution in [-0.4, -0.2) is 56.9 Å². The van der Waals surface area contributed by atoms with Crippen molar-refractivity contribution in [3.05, 3.63) is 12.4 Å². The number of rotatable bonds is 20. The molecule has 0 aromatic carbocycles. The van der Waals surface area contributed by atoms with Crippen LogP contribution in [0.1, 0.15) is 124 Å². The fraction of sp³-hybridized carbons (Fsp3) is 0.923. The summed E-state index contributed by atoms with van der Waals surface area (Å²) in [6.07, 6.45) is 27.8. The quantitative estimate of drug-likeness (QED) is 0.107. The Bertz CT molecular complexity index is 854. The summed E-state index contributed by atoms with van der Waals surface area (Å²) in [6.45, 7) is 9.43. The van der Waals surface area contributed by atoms with Crippen LogP contribution in [0.4, 0.5) is 26.3 Å². The molecule has 0 saturated heterocycles. The largest absolute Gasteiger partial charge is 0.512 e. The molecule has 0 amide bonds. The third kappa shape index (κ3) is 16.9. The molecule has 1 heterocycles. The van der Waals surface area contributed by atoms with Gasteiger partial charge in [0.25, 0.3) is 0 Å². The lowest BCUT2D eigenvalue weighted by Gasteiger charge is -2.30. The molecule has 0 atom stereocenters. The summed E-state index contributed by atoms with van der Waals surface area (Å²) in [5.41, 5.74) is -12.3. The fourth-order valence-corrected chi connectivity index (χ4v) is 6.14. The first kappa shape index (κ1) is 39.8. The van der Waals surface area contributed by atoms with Gasteiger partial charge in [0.15, 0.2) is 0 Å². The Morgan fingerprint density at radius 2 is 0.829 bits per heavy atom. The number of hydrogen-bond donors (Lipinski definition) is 1. The molecule has 0 aromatic heterocycles. The van der Waals surface area contributed by atoms with Crippen molar-refractivity contribution in [2.75, 3.05) is 13.1 Å². The van der Waals surface area contributed by atoms with Gasteiger partial charge in [0.2, 0.25) is 0 Å². The number of sulfonamides is 2. The van der Waals surface area contributed by atoms with Gasteiger partial charge in [-0.25, -0.2) is 16.8 Å². The molecule has 0 aliphatic carbocycles. The predicted octanol–water partition coefficient (Wildman–Crippen LogP) is 7.98. The van der Waals surface area contributed by atoms with E-state index in [0.29, 0.717) is 6.17 Å². The van der Waals surface area contributed by atoms with Crippen LogP contribution in [0.15, 0.2) is 12.4 Å². The van der Waals surface area contributed by atoms with Gasteiger partial charge in [-0.15, -0.1) is 0 Å². The molecule has 1 rings (SSSR count). The van der Waals surface area contributed by atoms with E-state index < -0.39 is 35.2 Å². The van der Waals surface area contributed by atoms with Crippen LogP contribution < -0.4 is 4.13 Å². The Hall–Kier alpha value is -1.22. The highest BCUT2D eigenvalue weighted by Gasteiger charge is 2.55. The van der Waals surface area contributed by atoms with Crippen molar-refractivity contribution in [2.24, 2.45) is 0 Å². The van der Waals surface area contributed by atoms with Gasteiger partial charge in [0, 0.05) is 25.5 Å². The minimum atomic E-state index is -6.60. The second kappa shape index (κ2) is 19.9. The average Bonchev–Trinajstić information content (AvgIpc) is 3.20. The van der Waals surface area contributed by atoms with Crippen LogP contribution in [0, 0.1) is 0 Å². The van der Waals surface area contributed by atoms with Gasteiger partial charge in [-0.05, 0) is 19.8 Å². The van der Waals surface area contributed by atoms with Crippen LogP contribution in [-0.2, 0) is 20.0 Å². The summed E-state index contributed by atoms with van der Waals surface area (Å²) in [5, 5.41) is 0. The van der Waals surface area contributed by atoms with E-state index in [1.165, 1.54) is 116 Å². The van der Waals surface area contributed by atoms with E-state index in [1.807, 2.05) is 0 Å².